The summed E-state index contributed by atoms with van der Waals surface area (Å²) in [5.41, 5.74) is 0. The average Bonchev–Trinajstić information content (AvgIpc) is 2.88. The molecule has 1 saturated heterocycles. The first-order valence-corrected chi connectivity index (χ1v) is 6.24. The molecule has 2 heterocycles. The normalized spacial score (nSPS) is 17.1. The van der Waals surface area contributed by atoms with Crippen LogP contribution in [0.3, 0.4) is 0 Å². The van der Waals surface area contributed by atoms with Crippen LogP contribution in [0, 0.1) is 0 Å². The molecule has 0 aromatic carbocycles. The van der Waals surface area contributed by atoms with Gasteiger partial charge in [0.05, 0.1) is 12.7 Å². The molecule has 1 N–H and O–H groups in total. The van der Waals surface area contributed by atoms with E-state index in [4.69, 9.17) is 11.6 Å². The Morgan fingerprint density at radius 2 is 2.19 bits per heavy atom. The summed E-state index contributed by atoms with van der Waals surface area (Å²) in [4.78, 5) is 6.74. The maximum absolute atomic E-state index is 5.91. The number of aromatic nitrogens is 2. The summed E-state index contributed by atoms with van der Waals surface area (Å²) in [6.45, 7) is 5.46. The van der Waals surface area contributed by atoms with E-state index in [2.05, 4.69) is 15.2 Å². The minimum Gasteiger partial charge on any atom is -0.321 e. The predicted octanol–water partition coefficient (Wildman–Crippen LogP) is 1.26. The number of likely N-dealkylation sites (tertiary alicyclic amines) is 1. The first-order chi connectivity index (χ1) is 7.77. The van der Waals surface area contributed by atoms with Crippen LogP contribution in [0.15, 0.2) is 6.20 Å². The van der Waals surface area contributed by atoms with Gasteiger partial charge in [-0.2, -0.15) is 0 Å². The molecule has 0 spiro atoms. The highest BCUT2D eigenvalue weighted by Gasteiger charge is 2.10. The molecule has 0 bridgehead atoms. The molecule has 0 radical (unpaired) electrons. The summed E-state index contributed by atoms with van der Waals surface area (Å²) in [5, 5.41) is 4.09. The standard InChI is InChI=1S/C11H19ClN4/c1-15-10(12)8-14-11(15)9-13-4-7-16-5-2-3-6-16/h8,13H,2-7,9H2,1H3. The van der Waals surface area contributed by atoms with Crippen LogP contribution in [-0.2, 0) is 13.6 Å². The summed E-state index contributed by atoms with van der Waals surface area (Å²) in [5.74, 6) is 0.992. The number of nitrogens with zero attached hydrogens (tertiary/aromatic N) is 3. The second kappa shape index (κ2) is 5.66. The Balaban J connectivity index is 1.66. The average molecular weight is 243 g/mol. The Labute approximate surface area is 102 Å². The molecule has 0 unspecified atom stereocenters. The summed E-state index contributed by atoms with van der Waals surface area (Å²) in [6.07, 6.45) is 4.41. The molecule has 16 heavy (non-hydrogen) atoms. The zero-order valence-electron chi connectivity index (χ0n) is 9.75. The highest BCUT2D eigenvalue weighted by atomic mass is 35.5. The molecule has 0 atom stereocenters. The molecule has 0 saturated carbocycles. The Morgan fingerprint density at radius 1 is 1.44 bits per heavy atom. The summed E-state index contributed by atoms with van der Waals surface area (Å²) >= 11 is 5.91. The van der Waals surface area contributed by atoms with E-state index in [1.165, 1.54) is 25.9 Å². The van der Waals surface area contributed by atoms with Gasteiger partial charge in [0, 0.05) is 20.1 Å². The van der Waals surface area contributed by atoms with Gasteiger partial charge in [0.25, 0.3) is 0 Å². The minimum atomic E-state index is 0.691. The lowest BCUT2D eigenvalue weighted by atomic mass is 10.4. The van der Waals surface area contributed by atoms with E-state index in [1.807, 2.05) is 11.6 Å². The summed E-state index contributed by atoms with van der Waals surface area (Å²) < 4.78 is 1.91. The Bertz CT molecular complexity index is 331. The third-order valence-electron chi connectivity index (χ3n) is 3.11. The highest BCUT2D eigenvalue weighted by Crippen LogP contribution is 2.08. The zero-order chi connectivity index (χ0) is 11.4. The molecular weight excluding hydrogens is 224 g/mol. The molecule has 5 heteroatoms. The number of halogens is 1. The second-order valence-electron chi connectivity index (χ2n) is 4.28. The van der Waals surface area contributed by atoms with E-state index < -0.39 is 0 Å². The second-order valence-corrected chi connectivity index (χ2v) is 4.67. The Hall–Kier alpha value is -0.580. The van der Waals surface area contributed by atoms with Crippen LogP contribution in [0.2, 0.25) is 5.15 Å². The van der Waals surface area contributed by atoms with E-state index in [9.17, 15) is 0 Å². The molecule has 0 amide bonds. The van der Waals surface area contributed by atoms with Gasteiger partial charge in [0.2, 0.25) is 0 Å². The molecule has 90 valence electrons. The van der Waals surface area contributed by atoms with Gasteiger partial charge in [-0.05, 0) is 25.9 Å². The number of rotatable bonds is 5. The maximum Gasteiger partial charge on any atom is 0.128 e. The van der Waals surface area contributed by atoms with E-state index in [-0.39, 0.29) is 0 Å². The third kappa shape index (κ3) is 2.97. The third-order valence-corrected chi connectivity index (χ3v) is 3.47. The largest absolute Gasteiger partial charge is 0.321 e. The van der Waals surface area contributed by atoms with Crippen LogP contribution < -0.4 is 5.32 Å². The topological polar surface area (TPSA) is 33.1 Å². The van der Waals surface area contributed by atoms with Crippen molar-refractivity contribution in [1.82, 2.24) is 19.8 Å². The molecule has 4 nitrogen and oxygen atoms in total. The Kier molecular flexibility index (Phi) is 4.21. The van der Waals surface area contributed by atoms with Crippen molar-refractivity contribution in [3.8, 4) is 0 Å². The van der Waals surface area contributed by atoms with E-state index >= 15 is 0 Å². The maximum atomic E-state index is 5.91. The van der Waals surface area contributed by atoms with Crippen LogP contribution in [0.5, 0.6) is 0 Å². The van der Waals surface area contributed by atoms with Gasteiger partial charge in [0.1, 0.15) is 11.0 Å². The number of hydrogen-bond donors (Lipinski definition) is 1. The van der Waals surface area contributed by atoms with Crippen LogP contribution in [0.25, 0.3) is 0 Å². The van der Waals surface area contributed by atoms with E-state index in [0.29, 0.717) is 5.15 Å². The minimum absolute atomic E-state index is 0.691. The van der Waals surface area contributed by atoms with Gasteiger partial charge >= 0.3 is 0 Å². The van der Waals surface area contributed by atoms with Gasteiger partial charge in [-0.15, -0.1) is 0 Å². The van der Waals surface area contributed by atoms with Gasteiger partial charge in [-0.1, -0.05) is 11.6 Å². The van der Waals surface area contributed by atoms with Crippen LogP contribution in [0.4, 0.5) is 0 Å². The molecule has 1 fully saturated rings. The fourth-order valence-corrected chi connectivity index (χ4v) is 2.18. The first kappa shape index (κ1) is 11.9. The zero-order valence-corrected chi connectivity index (χ0v) is 10.5. The lowest BCUT2D eigenvalue weighted by molar-refractivity contribution is 0.335. The quantitative estimate of drug-likeness (QED) is 0.790. The SMILES string of the molecule is Cn1c(Cl)cnc1CNCCN1CCCC1. The van der Waals surface area contributed by atoms with E-state index in [0.717, 1.165) is 25.5 Å². The van der Waals surface area contributed by atoms with Gasteiger partial charge in [0.15, 0.2) is 0 Å². The fourth-order valence-electron chi connectivity index (χ4n) is 2.03. The molecule has 1 aliphatic rings. The number of hydrogen-bond acceptors (Lipinski definition) is 3. The first-order valence-electron chi connectivity index (χ1n) is 5.86. The molecule has 2 rings (SSSR count). The number of nitrogens with one attached hydrogen (secondary N) is 1. The highest BCUT2D eigenvalue weighted by molar-refractivity contribution is 6.29. The smallest absolute Gasteiger partial charge is 0.128 e. The lowest BCUT2D eigenvalue weighted by Gasteiger charge is -2.14. The van der Waals surface area contributed by atoms with Gasteiger partial charge in [-0.3, -0.25) is 0 Å². The molecule has 0 aliphatic carbocycles. The molecular formula is C11H19ClN4. The Morgan fingerprint density at radius 3 is 2.81 bits per heavy atom. The molecule has 1 aromatic heterocycles. The van der Waals surface area contributed by atoms with Crippen molar-refractivity contribution >= 4 is 11.6 Å². The van der Waals surface area contributed by atoms with Crippen molar-refractivity contribution in [3.63, 3.8) is 0 Å². The summed E-state index contributed by atoms with van der Waals surface area (Å²) in [7, 11) is 1.94. The van der Waals surface area contributed by atoms with Crippen LogP contribution >= 0.6 is 11.6 Å². The van der Waals surface area contributed by atoms with Crippen LogP contribution in [-0.4, -0.2) is 40.6 Å². The fraction of sp³-hybridized carbons (Fsp3) is 0.727. The van der Waals surface area contributed by atoms with Crippen molar-refractivity contribution in [2.75, 3.05) is 26.2 Å². The van der Waals surface area contributed by atoms with Crippen molar-refractivity contribution < 1.29 is 0 Å². The molecule has 1 aromatic rings. The van der Waals surface area contributed by atoms with Gasteiger partial charge < -0.3 is 14.8 Å². The summed E-state index contributed by atoms with van der Waals surface area (Å²) in [6, 6.07) is 0. The monoisotopic (exact) mass is 242 g/mol. The number of imidazole rings is 1. The predicted molar refractivity (Wildman–Crippen MR) is 65.6 cm³/mol. The van der Waals surface area contributed by atoms with Crippen molar-refractivity contribution in [1.29, 1.82) is 0 Å². The lowest BCUT2D eigenvalue weighted by Crippen LogP contribution is -2.30. The molecule has 1 aliphatic heterocycles. The van der Waals surface area contributed by atoms with Crippen molar-refractivity contribution in [2.45, 2.75) is 19.4 Å². The van der Waals surface area contributed by atoms with Crippen molar-refractivity contribution in [3.05, 3.63) is 17.2 Å². The van der Waals surface area contributed by atoms with Crippen molar-refractivity contribution in [2.24, 2.45) is 7.05 Å². The van der Waals surface area contributed by atoms with Gasteiger partial charge in [-0.25, -0.2) is 4.98 Å². The van der Waals surface area contributed by atoms with E-state index in [1.54, 1.807) is 6.20 Å². The van der Waals surface area contributed by atoms with Crippen LogP contribution in [0.1, 0.15) is 18.7 Å².